The van der Waals surface area contributed by atoms with Crippen LogP contribution in [0.1, 0.15) is 25.0 Å². The van der Waals surface area contributed by atoms with Gasteiger partial charge < -0.3 is 10.0 Å². The lowest BCUT2D eigenvalue weighted by Gasteiger charge is -2.34. The van der Waals surface area contributed by atoms with E-state index in [9.17, 15) is 14.7 Å². The van der Waals surface area contributed by atoms with Crippen molar-refractivity contribution < 1.29 is 14.7 Å². The first-order valence-corrected chi connectivity index (χ1v) is 7.74. The van der Waals surface area contributed by atoms with Gasteiger partial charge in [-0.1, -0.05) is 38.1 Å². The first kappa shape index (κ1) is 14.9. The van der Waals surface area contributed by atoms with E-state index in [1.807, 2.05) is 38.1 Å². The number of amides is 1. The quantitative estimate of drug-likeness (QED) is 0.924. The predicted octanol–water partition coefficient (Wildman–Crippen LogP) is 2.17. The molecule has 0 saturated heterocycles. The van der Waals surface area contributed by atoms with Gasteiger partial charge in [-0.15, -0.1) is 11.8 Å². The van der Waals surface area contributed by atoms with E-state index in [0.29, 0.717) is 24.0 Å². The Hall–Kier alpha value is -1.49. The molecular weight excluding hydrogens is 274 g/mol. The van der Waals surface area contributed by atoms with Gasteiger partial charge in [-0.2, -0.15) is 0 Å². The van der Waals surface area contributed by atoms with Crippen molar-refractivity contribution in [3.63, 3.8) is 0 Å². The number of rotatable bonds is 4. The Morgan fingerprint density at radius 3 is 2.60 bits per heavy atom. The van der Waals surface area contributed by atoms with E-state index >= 15 is 0 Å². The van der Waals surface area contributed by atoms with Crippen LogP contribution in [-0.4, -0.2) is 38.9 Å². The molecule has 20 heavy (non-hydrogen) atoms. The van der Waals surface area contributed by atoms with Crippen LogP contribution in [-0.2, 0) is 22.6 Å². The average molecular weight is 293 g/mol. The molecular formula is C15H19NO3S. The van der Waals surface area contributed by atoms with Gasteiger partial charge in [-0.05, 0) is 16.4 Å². The monoisotopic (exact) mass is 293 g/mol. The second-order valence-electron chi connectivity index (χ2n) is 5.21. The summed E-state index contributed by atoms with van der Waals surface area (Å²) in [6, 6.07) is 6.99. The van der Waals surface area contributed by atoms with Crippen molar-refractivity contribution in [1.82, 2.24) is 4.90 Å². The number of benzene rings is 1. The molecule has 1 aromatic rings. The fourth-order valence-electron chi connectivity index (χ4n) is 2.33. The summed E-state index contributed by atoms with van der Waals surface area (Å²) in [4.78, 5) is 25.2. The second-order valence-corrected chi connectivity index (χ2v) is 6.77. The number of carboxylic acids is 1. The van der Waals surface area contributed by atoms with E-state index < -0.39 is 12.0 Å². The van der Waals surface area contributed by atoms with E-state index in [0.717, 1.165) is 11.1 Å². The molecule has 2 rings (SSSR count). The highest BCUT2D eigenvalue weighted by molar-refractivity contribution is 8.00. The Bertz CT molecular complexity index is 516. The third kappa shape index (κ3) is 3.33. The Kier molecular flexibility index (Phi) is 4.70. The van der Waals surface area contributed by atoms with Crippen LogP contribution in [0.2, 0.25) is 0 Å². The van der Waals surface area contributed by atoms with Gasteiger partial charge >= 0.3 is 5.97 Å². The molecule has 0 bridgehead atoms. The van der Waals surface area contributed by atoms with Gasteiger partial charge in [0.05, 0.1) is 5.75 Å². The van der Waals surface area contributed by atoms with Crippen LogP contribution in [0.15, 0.2) is 24.3 Å². The number of hydrogen-bond donors (Lipinski definition) is 1. The molecule has 0 aliphatic carbocycles. The molecule has 1 aromatic carbocycles. The zero-order valence-electron chi connectivity index (χ0n) is 11.7. The molecule has 1 aliphatic rings. The summed E-state index contributed by atoms with van der Waals surface area (Å²) < 4.78 is 0. The number of fused-ring (bicyclic) bond motifs is 1. The summed E-state index contributed by atoms with van der Waals surface area (Å²) in [5.74, 6) is -0.683. The summed E-state index contributed by atoms with van der Waals surface area (Å²) >= 11 is 1.54. The van der Waals surface area contributed by atoms with Crippen LogP contribution in [0, 0.1) is 0 Å². The molecule has 4 nitrogen and oxygen atoms in total. The smallest absolute Gasteiger partial charge is 0.326 e. The summed E-state index contributed by atoms with van der Waals surface area (Å²) in [5, 5.41) is 9.72. The number of carboxylic acid groups (broad SMARTS) is 1. The minimum Gasteiger partial charge on any atom is -0.480 e. The van der Waals surface area contributed by atoms with Crippen LogP contribution in [0.3, 0.4) is 0 Å². The normalized spacial score (nSPS) is 17.9. The summed E-state index contributed by atoms with van der Waals surface area (Å²) in [6.07, 6.45) is 0.392. The average Bonchev–Trinajstić information content (AvgIpc) is 2.43. The largest absolute Gasteiger partial charge is 0.480 e. The van der Waals surface area contributed by atoms with Gasteiger partial charge in [0.2, 0.25) is 5.91 Å². The molecule has 0 unspecified atom stereocenters. The van der Waals surface area contributed by atoms with Crippen molar-refractivity contribution in [3.05, 3.63) is 35.4 Å². The van der Waals surface area contributed by atoms with Crippen molar-refractivity contribution in [1.29, 1.82) is 0 Å². The fourth-order valence-corrected chi connectivity index (χ4v) is 2.97. The maximum Gasteiger partial charge on any atom is 0.326 e. The van der Waals surface area contributed by atoms with Gasteiger partial charge in [-0.25, -0.2) is 4.79 Å². The molecule has 5 heteroatoms. The SMILES string of the molecule is CC(C)SCC(=O)N1Cc2ccccc2C[C@H]1C(=O)O. The number of nitrogens with zero attached hydrogens (tertiary/aromatic N) is 1. The van der Waals surface area contributed by atoms with Crippen molar-refractivity contribution in [3.8, 4) is 0 Å². The minimum atomic E-state index is -0.928. The summed E-state index contributed by atoms with van der Waals surface area (Å²) in [7, 11) is 0. The number of thioether (sulfide) groups is 1. The molecule has 108 valence electrons. The van der Waals surface area contributed by atoms with E-state index in [1.165, 1.54) is 4.90 Å². The van der Waals surface area contributed by atoms with Crippen LogP contribution >= 0.6 is 11.8 Å². The first-order valence-electron chi connectivity index (χ1n) is 6.69. The van der Waals surface area contributed by atoms with Crippen LogP contribution in [0.25, 0.3) is 0 Å². The van der Waals surface area contributed by atoms with Crippen molar-refractivity contribution in [2.24, 2.45) is 0 Å². The van der Waals surface area contributed by atoms with E-state index in [2.05, 4.69) is 0 Å². The maximum atomic E-state index is 12.3. The highest BCUT2D eigenvalue weighted by Gasteiger charge is 2.34. The van der Waals surface area contributed by atoms with E-state index in [1.54, 1.807) is 11.8 Å². The molecule has 1 heterocycles. The Morgan fingerprint density at radius 2 is 2.00 bits per heavy atom. The molecule has 0 spiro atoms. The predicted molar refractivity (Wildman–Crippen MR) is 79.7 cm³/mol. The summed E-state index contributed by atoms with van der Waals surface area (Å²) in [5.41, 5.74) is 2.08. The number of carbonyl (C=O) groups is 2. The van der Waals surface area contributed by atoms with Crippen LogP contribution in [0.4, 0.5) is 0 Å². The zero-order chi connectivity index (χ0) is 14.7. The lowest BCUT2D eigenvalue weighted by atomic mass is 9.94. The number of hydrogen-bond acceptors (Lipinski definition) is 3. The highest BCUT2D eigenvalue weighted by Crippen LogP contribution is 2.24. The van der Waals surface area contributed by atoms with Crippen molar-refractivity contribution in [2.45, 2.75) is 38.1 Å². The van der Waals surface area contributed by atoms with E-state index in [-0.39, 0.29) is 5.91 Å². The minimum absolute atomic E-state index is 0.0920. The third-order valence-electron chi connectivity index (χ3n) is 3.39. The highest BCUT2D eigenvalue weighted by atomic mass is 32.2. The topological polar surface area (TPSA) is 57.6 Å². The van der Waals surface area contributed by atoms with Gasteiger partial charge in [0.25, 0.3) is 0 Å². The molecule has 0 radical (unpaired) electrons. The van der Waals surface area contributed by atoms with Gasteiger partial charge in [0, 0.05) is 13.0 Å². The molecule has 1 atom stereocenters. The molecule has 0 aromatic heterocycles. The Balaban J connectivity index is 2.18. The lowest BCUT2D eigenvalue weighted by Crippen LogP contribution is -2.49. The van der Waals surface area contributed by atoms with Crippen molar-refractivity contribution in [2.75, 3.05) is 5.75 Å². The zero-order valence-corrected chi connectivity index (χ0v) is 12.5. The summed E-state index contributed by atoms with van der Waals surface area (Å²) in [6.45, 7) is 4.45. The fraction of sp³-hybridized carbons (Fsp3) is 0.467. The number of aliphatic carboxylic acids is 1. The number of carbonyl (C=O) groups excluding carboxylic acids is 1. The Morgan fingerprint density at radius 1 is 1.35 bits per heavy atom. The maximum absolute atomic E-state index is 12.3. The van der Waals surface area contributed by atoms with Gasteiger partial charge in [-0.3, -0.25) is 4.79 Å². The third-order valence-corrected chi connectivity index (χ3v) is 4.47. The Labute approximate surface area is 123 Å². The molecule has 1 N–H and O–H groups in total. The van der Waals surface area contributed by atoms with Gasteiger partial charge in [0.1, 0.15) is 6.04 Å². The molecule has 0 saturated carbocycles. The van der Waals surface area contributed by atoms with Crippen LogP contribution in [0.5, 0.6) is 0 Å². The molecule has 0 fully saturated rings. The molecule has 1 aliphatic heterocycles. The lowest BCUT2D eigenvalue weighted by molar-refractivity contribution is -0.150. The second kappa shape index (κ2) is 6.31. The molecule has 1 amide bonds. The standard InChI is InChI=1S/C15H19NO3S/c1-10(2)20-9-14(17)16-8-12-6-4-3-5-11(12)7-13(16)15(18)19/h3-6,10,13H,7-9H2,1-2H3,(H,18,19)/t13-/m0/s1. The van der Waals surface area contributed by atoms with Crippen LogP contribution < -0.4 is 0 Å². The van der Waals surface area contributed by atoms with Crippen molar-refractivity contribution >= 4 is 23.6 Å². The van der Waals surface area contributed by atoms with Gasteiger partial charge in [0.15, 0.2) is 0 Å². The first-order chi connectivity index (χ1) is 9.49. The van der Waals surface area contributed by atoms with E-state index in [4.69, 9.17) is 0 Å².